The van der Waals surface area contributed by atoms with Crippen LogP contribution in [0.5, 0.6) is 5.88 Å². The van der Waals surface area contributed by atoms with Gasteiger partial charge in [-0.3, -0.25) is 23.9 Å². The number of allylic oxidation sites excluding steroid dienone is 2. The van der Waals surface area contributed by atoms with Crippen LogP contribution in [0.25, 0.3) is 16.8 Å². The van der Waals surface area contributed by atoms with Gasteiger partial charge in [-0.2, -0.15) is 0 Å². The van der Waals surface area contributed by atoms with E-state index in [1.54, 1.807) is 17.2 Å². The second kappa shape index (κ2) is 15.0. The second-order valence-corrected chi connectivity index (χ2v) is 18.8. The van der Waals surface area contributed by atoms with E-state index >= 15 is 0 Å². The van der Waals surface area contributed by atoms with Gasteiger partial charge in [-0.25, -0.2) is 13.4 Å². The average Bonchev–Trinajstić information content (AvgIpc) is 4.02. The molecule has 1 saturated heterocycles. The maximum Gasteiger partial charge on any atom is 0.240 e. The van der Waals surface area contributed by atoms with Crippen molar-refractivity contribution in [2.45, 2.75) is 116 Å². The number of nitrogens with one attached hydrogen (secondary N) is 1. The van der Waals surface area contributed by atoms with Crippen molar-refractivity contribution in [2.75, 3.05) is 13.1 Å². The molecule has 12 heteroatoms. The number of aromatic nitrogens is 1. The number of fused-ring (bicyclic) bond motifs is 3. The number of ether oxygens (including phenoxy) is 1. The molecule has 1 N–H and O–H groups in total. The average molecular weight is 747 g/mol. The van der Waals surface area contributed by atoms with Gasteiger partial charge in [-0.15, -0.1) is 6.58 Å². The molecule has 11 nitrogen and oxygen atoms in total. The molecule has 3 fully saturated rings. The number of hydrogen-bond acceptors (Lipinski definition) is 8. The first-order chi connectivity index (χ1) is 25.0. The topological polar surface area (TPSA) is 143 Å². The summed E-state index contributed by atoms with van der Waals surface area (Å²) in [5, 5.41) is 1.16. The number of hydrogen-bond donors (Lipinski definition) is 1. The van der Waals surface area contributed by atoms with Crippen LogP contribution in [0.15, 0.2) is 49.2 Å². The minimum absolute atomic E-state index is 0.0139. The number of pyridine rings is 1. The largest absolute Gasteiger partial charge is 0.472 e. The molecule has 2 aromatic rings. The molecule has 4 bridgehead atoms. The van der Waals surface area contributed by atoms with E-state index in [4.69, 9.17) is 4.74 Å². The fourth-order valence-corrected chi connectivity index (χ4v) is 9.33. The van der Waals surface area contributed by atoms with Crippen LogP contribution in [0.2, 0.25) is 0 Å². The van der Waals surface area contributed by atoms with Gasteiger partial charge < -0.3 is 14.5 Å². The molecule has 0 unspecified atom stereocenters. The summed E-state index contributed by atoms with van der Waals surface area (Å²) in [6.07, 6.45) is 10.6. The third kappa shape index (κ3) is 8.37. The number of benzene rings is 1. The first kappa shape index (κ1) is 38.7. The molecule has 4 aliphatic rings. The predicted molar refractivity (Wildman–Crippen MR) is 204 cm³/mol. The van der Waals surface area contributed by atoms with E-state index in [1.165, 1.54) is 0 Å². The van der Waals surface area contributed by atoms with Crippen molar-refractivity contribution in [3.8, 4) is 5.88 Å². The number of ketones is 1. The first-order valence-corrected chi connectivity index (χ1v) is 20.6. The standard InChI is InChI=1S/C41H54N4O7S/c1-7-29-23-41(29,39(49)43-53(50,51)31-15-16-31)24-35(46)34-21-30-25-45(34)38(48)33(40(4,5)6)22-36(47)44(26(2)3)19-11-9-8-10-12-27-13-14-28-17-18-42-37(52-30)32(28)20-27/h7,10,12-14,17-18,20,26,29-31,33-34H,1,8-9,11,15-16,19,21-25H2,2-6H3,(H,43,49)/b12-10+/t29-,30+,33+,34-,41+/m0/s1. The maximum absolute atomic E-state index is 14.8. The summed E-state index contributed by atoms with van der Waals surface area (Å²) in [6, 6.07) is 6.98. The fraction of sp³-hybridized carbons (Fsp3) is 0.585. The van der Waals surface area contributed by atoms with Crippen molar-refractivity contribution in [1.29, 1.82) is 0 Å². The first-order valence-electron chi connectivity index (χ1n) is 19.1. The third-order valence-corrected chi connectivity index (χ3v) is 13.3. The van der Waals surface area contributed by atoms with E-state index in [1.807, 2.05) is 63.8 Å². The number of amides is 3. The summed E-state index contributed by atoms with van der Waals surface area (Å²) < 4.78 is 34.3. The van der Waals surface area contributed by atoms with Gasteiger partial charge in [0.2, 0.25) is 33.6 Å². The van der Waals surface area contributed by atoms with E-state index in [0.29, 0.717) is 25.3 Å². The number of carbonyl (C=O) groups is 4. The zero-order chi connectivity index (χ0) is 38.3. The molecule has 5 atom stereocenters. The van der Waals surface area contributed by atoms with Crippen molar-refractivity contribution in [1.82, 2.24) is 19.5 Å². The summed E-state index contributed by atoms with van der Waals surface area (Å²) in [5.41, 5.74) is -0.899. The Morgan fingerprint density at radius 2 is 1.91 bits per heavy atom. The van der Waals surface area contributed by atoms with Crippen molar-refractivity contribution in [3.63, 3.8) is 0 Å². The number of Topliss-reactive ketones (excluding diaryl/α,β-unsaturated/α-hetero) is 1. The Kier molecular flexibility index (Phi) is 10.9. The SMILES string of the molecule is C=C[C@H]1C[C@]1(CC(=O)[C@@H]1C[C@@H]2CN1C(=O)[C@H](C(C)(C)C)CC(=O)N(C(C)C)CCCC/C=C/c1ccc3ccnc(c3c1)O2)C(=O)NS(=O)(=O)C1CC1. The summed E-state index contributed by atoms with van der Waals surface area (Å²) in [5.74, 6) is -2.20. The Morgan fingerprint density at radius 3 is 2.57 bits per heavy atom. The van der Waals surface area contributed by atoms with Crippen LogP contribution < -0.4 is 9.46 Å². The summed E-state index contributed by atoms with van der Waals surface area (Å²) in [4.78, 5) is 64.8. The number of sulfonamides is 1. The molecule has 2 aliphatic carbocycles. The normalized spacial score (nSPS) is 27.9. The fourth-order valence-electron chi connectivity index (χ4n) is 7.95. The molecule has 53 heavy (non-hydrogen) atoms. The Hall–Kier alpha value is -4.06. The van der Waals surface area contributed by atoms with Gasteiger partial charge in [0.25, 0.3) is 0 Å². The van der Waals surface area contributed by atoms with Crippen molar-refractivity contribution in [3.05, 3.63) is 54.8 Å². The van der Waals surface area contributed by atoms with Crippen molar-refractivity contribution in [2.24, 2.45) is 22.7 Å². The third-order valence-electron chi connectivity index (χ3n) is 11.5. The van der Waals surface area contributed by atoms with Crippen LogP contribution in [0.4, 0.5) is 0 Å². The van der Waals surface area contributed by atoms with E-state index in [0.717, 1.165) is 35.6 Å². The summed E-state index contributed by atoms with van der Waals surface area (Å²) in [6.45, 7) is 14.3. The Morgan fingerprint density at radius 1 is 1.15 bits per heavy atom. The molecule has 1 aromatic heterocycles. The highest BCUT2D eigenvalue weighted by atomic mass is 32.2. The van der Waals surface area contributed by atoms with Crippen molar-refractivity contribution < 1.29 is 32.3 Å². The molecule has 3 heterocycles. The zero-order valence-corrected chi connectivity index (χ0v) is 32.5. The highest BCUT2D eigenvalue weighted by molar-refractivity contribution is 7.90. The van der Waals surface area contributed by atoms with Crippen LogP contribution in [0, 0.1) is 22.7 Å². The molecule has 0 spiro atoms. The van der Waals surface area contributed by atoms with Crippen LogP contribution in [0.1, 0.15) is 98.0 Å². The lowest BCUT2D eigenvalue weighted by Gasteiger charge is -2.36. The van der Waals surface area contributed by atoms with Gasteiger partial charge in [-0.1, -0.05) is 51.1 Å². The highest BCUT2D eigenvalue weighted by Gasteiger charge is 2.61. The molecule has 6 rings (SSSR count). The molecule has 286 valence electrons. The van der Waals surface area contributed by atoms with Gasteiger partial charge in [-0.05, 0) is 86.8 Å². The summed E-state index contributed by atoms with van der Waals surface area (Å²) >= 11 is 0. The lowest BCUT2D eigenvalue weighted by Crippen LogP contribution is -2.49. The zero-order valence-electron chi connectivity index (χ0n) is 31.7. The molecule has 1 aromatic carbocycles. The molecule has 3 amide bonds. The van der Waals surface area contributed by atoms with E-state index in [9.17, 15) is 27.6 Å². The minimum Gasteiger partial charge on any atom is -0.472 e. The molecular weight excluding hydrogens is 693 g/mol. The van der Waals surface area contributed by atoms with Gasteiger partial charge in [0.15, 0.2) is 5.78 Å². The smallest absolute Gasteiger partial charge is 0.240 e. The maximum atomic E-state index is 14.8. The number of rotatable bonds is 8. The van der Waals surface area contributed by atoms with E-state index < -0.39 is 50.1 Å². The Balaban J connectivity index is 1.36. The van der Waals surface area contributed by atoms with Crippen LogP contribution >= 0.6 is 0 Å². The van der Waals surface area contributed by atoms with Crippen molar-refractivity contribution >= 4 is 50.4 Å². The van der Waals surface area contributed by atoms with Crippen LogP contribution in [0.3, 0.4) is 0 Å². The lowest BCUT2D eigenvalue weighted by molar-refractivity contribution is -0.148. The number of nitrogens with zero attached hydrogens (tertiary/aromatic N) is 3. The lowest BCUT2D eigenvalue weighted by atomic mass is 9.77. The predicted octanol–water partition coefficient (Wildman–Crippen LogP) is 5.83. The molecule has 2 saturated carbocycles. The highest BCUT2D eigenvalue weighted by Crippen LogP contribution is 2.57. The Bertz CT molecular complexity index is 1910. The van der Waals surface area contributed by atoms with E-state index in [2.05, 4.69) is 28.4 Å². The Labute approximate surface area is 313 Å². The van der Waals surface area contributed by atoms with Gasteiger partial charge in [0.05, 0.1) is 29.2 Å². The quantitative estimate of drug-likeness (QED) is 0.333. The number of carbonyl (C=O) groups excluding carboxylic acids is 4. The van der Waals surface area contributed by atoms with Gasteiger partial charge >= 0.3 is 0 Å². The molecular formula is C41H54N4O7S. The van der Waals surface area contributed by atoms with E-state index in [-0.39, 0.29) is 61.8 Å². The minimum atomic E-state index is -3.84. The van der Waals surface area contributed by atoms with Crippen LogP contribution in [-0.4, -0.2) is 83.2 Å². The molecule has 0 radical (unpaired) electrons. The van der Waals surface area contributed by atoms with Crippen LogP contribution in [-0.2, 0) is 29.2 Å². The second-order valence-electron chi connectivity index (χ2n) is 16.8. The monoisotopic (exact) mass is 746 g/mol. The summed E-state index contributed by atoms with van der Waals surface area (Å²) in [7, 11) is -3.84. The molecule has 2 aliphatic heterocycles. The van der Waals surface area contributed by atoms with Gasteiger partial charge in [0, 0.05) is 43.4 Å². The van der Waals surface area contributed by atoms with Gasteiger partial charge in [0.1, 0.15) is 6.10 Å².